The van der Waals surface area contributed by atoms with Crippen LogP contribution in [0.25, 0.3) is 0 Å². The molecular formula is C25H33KN2O6S. The van der Waals surface area contributed by atoms with E-state index in [0.29, 0.717) is 25.1 Å². The number of carboxylic acids is 1. The molecule has 0 bridgehead atoms. The summed E-state index contributed by atoms with van der Waals surface area (Å²) in [6, 6.07) is 14.0. The molecular weight excluding hydrogens is 495 g/mol. The van der Waals surface area contributed by atoms with Gasteiger partial charge in [0.25, 0.3) is 5.91 Å². The van der Waals surface area contributed by atoms with Crippen LogP contribution in [0, 0.1) is 12.8 Å². The van der Waals surface area contributed by atoms with Crippen molar-refractivity contribution in [3.8, 4) is 5.75 Å². The van der Waals surface area contributed by atoms with Gasteiger partial charge in [-0.05, 0) is 56.4 Å². The molecule has 0 saturated carbocycles. The van der Waals surface area contributed by atoms with Crippen LogP contribution >= 0.6 is 0 Å². The standard InChI is InChI=1S/C25H34N2O6S.K/c1-19(2)17-27(34(31,32)22-14-12-20(3)13-15-22)23(25(29)30)11-7-8-16-26-24(28)18-33-21-9-5-4-6-10-21;/h4-6,9-10,12-15,19,23H,7-8,11,16-18H2,1-3H3,(H,26,28)(H,29,30);/q;+1/p-1/t23-;/m0./s1. The van der Waals surface area contributed by atoms with Crippen molar-refractivity contribution in [3.05, 3.63) is 60.2 Å². The van der Waals surface area contributed by atoms with Gasteiger partial charge in [0.15, 0.2) is 6.61 Å². The summed E-state index contributed by atoms with van der Waals surface area (Å²) < 4.78 is 32.9. The Balaban J connectivity index is 0.00000612. The van der Waals surface area contributed by atoms with Crippen LogP contribution in [0.5, 0.6) is 5.75 Å². The number of sulfonamides is 1. The van der Waals surface area contributed by atoms with Gasteiger partial charge < -0.3 is 20.0 Å². The number of aliphatic carboxylic acids is 1. The van der Waals surface area contributed by atoms with Crippen molar-refractivity contribution in [2.45, 2.75) is 51.0 Å². The van der Waals surface area contributed by atoms with Crippen LogP contribution in [-0.2, 0) is 19.6 Å². The molecule has 0 aromatic heterocycles. The van der Waals surface area contributed by atoms with Gasteiger partial charge in [0.1, 0.15) is 5.75 Å². The van der Waals surface area contributed by atoms with Crippen LogP contribution in [0.15, 0.2) is 59.5 Å². The van der Waals surface area contributed by atoms with Crippen molar-refractivity contribution in [1.82, 2.24) is 9.62 Å². The fraction of sp³-hybridized carbons (Fsp3) is 0.440. The molecule has 10 heteroatoms. The molecule has 0 unspecified atom stereocenters. The van der Waals surface area contributed by atoms with Gasteiger partial charge in [-0.2, -0.15) is 4.31 Å². The Hall–Kier alpha value is -1.27. The summed E-state index contributed by atoms with van der Waals surface area (Å²) in [5, 5.41) is 14.7. The fourth-order valence-corrected chi connectivity index (χ4v) is 5.16. The van der Waals surface area contributed by atoms with Crippen LogP contribution in [0.1, 0.15) is 38.7 Å². The number of ether oxygens (including phenoxy) is 1. The number of nitrogens with one attached hydrogen (secondary N) is 1. The molecule has 0 heterocycles. The van der Waals surface area contributed by atoms with E-state index < -0.39 is 22.0 Å². The van der Waals surface area contributed by atoms with Crippen molar-refractivity contribution in [2.24, 2.45) is 5.92 Å². The van der Waals surface area contributed by atoms with E-state index in [4.69, 9.17) is 4.74 Å². The molecule has 0 aliphatic carbocycles. The molecule has 2 aromatic rings. The van der Waals surface area contributed by atoms with Crippen LogP contribution < -0.4 is 66.5 Å². The Bertz CT molecular complexity index is 1030. The Morgan fingerprint density at radius 3 is 2.23 bits per heavy atom. The number of nitrogens with zero attached hydrogens (tertiary/aromatic N) is 1. The van der Waals surface area contributed by atoms with Gasteiger partial charge in [0.2, 0.25) is 10.0 Å². The number of carbonyl (C=O) groups excluding carboxylic acids is 2. The third kappa shape index (κ3) is 10.7. The van der Waals surface area contributed by atoms with E-state index >= 15 is 0 Å². The van der Waals surface area contributed by atoms with Crippen LogP contribution in [-0.4, -0.2) is 50.3 Å². The largest absolute Gasteiger partial charge is 1.00 e. The monoisotopic (exact) mass is 528 g/mol. The van der Waals surface area contributed by atoms with Gasteiger partial charge in [-0.15, -0.1) is 0 Å². The van der Waals surface area contributed by atoms with Gasteiger partial charge in [-0.3, -0.25) is 4.79 Å². The number of hydrogen-bond acceptors (Lipinski definition) is 6. The first-order valence-electron chi connectivity index (χ1n) is 11.3. The maximum atomic E-state index is 13.3. The molecule has 8 nitrogen and oxygen atoms in total. The van der Waals surface area contributed by atoms with Crippen molar-refractivity contribution >= 4 is 21.9 Å². The van der Waals surface area contributed by atoms with E-state index in [0.717, 1.165) is 9.87 Å². The number of carboxylic acid groups (broad SMARTS) is 1. The molecule has 35 heavy (non-hydrogen) atoms. The number of para-hydroxylation sites is 1. The SMILES string of the molecule is Cc1ccc(S(=O)(=O)N(CC(C)C)[C@@H](CCCCNC(=O)COc2ccccc2)C(=O)[O-])cc1.[K+]. The average Bonchev–Trinajstić information content (AvgIpc) is 2.79. The number of unbranched alkanes of at least 4 members (excludes halogenated alkanes) is 1. The number of carbonyl (C=O) groups is 2. The topological polar surface area (TPSA) is 116 Å². The van der Waals surface area contributed by atoms with Gasteiger partial charge in [-0.1, -0.05) is 49.7 Å². The van der Waals surface area contributed by atoms with Gasteiger partial charge >= 0.3 is 51.4 Å². The molecule has 0 saturated heterocycles. The fourth-order valence-electron chi connectivity index (χ4n) is 3.38. The zero-order valence-corrected chi connectivity index (χ0v) is 24.8. The summed E-state index contributed by atoms with van der Waals surface area (Å²) in [7, 11) is -4.02. The number of aryl methyl sites for hydroxylation is 1. The second kappa shape index (κ2) is 15.8. The number of hydrogen-bond donors (Lipinski definition) is 1. The maximum absolute atomic E-state index is 13.3. The Morgan fingerprint density at radius 1 is 1.03 bits per heavy atom. The smallest absolute Gasteiger partial charge is 0.548 e. The third-order valence-electron chi connectivity index (χ3n) is 5.13. The molecule has 186 valence electrons. The summed E-state index contributed by atoms with van der Waals surface area (Å²) in [4.78, 5) is 23.9. The van der Waals surface area contributed by atoms with Crippen LogP contribution in [0.3, 0.4) is 0 Å². The van der Waals surface area contributed by atoms with E-state index in [1.54, 1.807) is 24.3 Å². The van der Waals surface area contributed by atoms with E-state index in [9.17, 15) is 23.1 Å². The Morgan fingerprint density at radius 2 is 1.66 bits per heavy atom. The van der Waals surface area contributed by atoms with E-state index in [1.807, 2.05) is 39.0 Å². The molecule has 2 aromatic carbocycles. The summed E-state index contributed by atoms with van der Waals surface area (Å²) in [6.45, 7) is 5.77. The molecule has 0 aliphatic rings. The Kier molecular flexibility index (Phi) is 14.3. The zero-order valence-electron chi connectivity index (χ0n) is 20.9. The maximum Gasteiger partial charge on any atom is 1.00 e. The van der Waals surface area contributed by atoms with E-state index in [-0.39, 0.29) is 87.7 Å². The van der Waals surface area contributed by atoms with Crippen molar-refractivity contribution in [2.75, 3.05) is 19.7 Å². The first-order chi connectivity index (χ1) is 16.1. The molecule has 0 aliphatic heterocycles. The summed E-state index contributed by atoms with van der Waals surface area (Å²) in [6.07, 6.45) is 0.966. The van der Waals surface area contributed by atoms with E-state index in [1.165, 1.54) is 12.1 Å². The predicted octanol–water partition coefficient (Wildman–Crippen LogP) is -0.870. The molecule has 1 atom stereocenters. The zero-order chi connectivity index (χ0) is 25.1. The van der Waals surface area contributed by atoms with Crippen molar-refractivity contribution in [1.29, 1.82) is 0 Å². The van der Waals surface area contributed by atoms with Crippen molar-refractivity contribution in [3.63, 3.8) is 0 Å². The molecule has 0 fully saturated rings. The molecule has 0 radical (unpaired) electrons. The quantitative estimate of drug-likeness (QED) is 0.252. The van der Waals surface area contributed by atoms with Gasteiger partial charge in [0, 0.05) is 13.1 Å². The van der Waals surface area contributed by atoms with Crippen molar-refractivity contribution < 1.29 is 79.2 Å². The third-order valence-corrected chi connectivity index (χ3v) is 7.02. The summed E-state index contributed by atoms with van der Waals surface area (Å²) in [5.41, 5.74) is 0.905. The minimum absolute atomic E-state index is 0. The van der Waals surface area contributed by atoms with E-state index in [2.05, 4.69) is 5.32 Å². The summed E-state index contributed by atoms with van der Waals surface area (Å²) >= 11 is 0. The molecule has 1 N–H and O–H groups in total. The number of amides is 1. The Labute approximate surface area is 250 Å². The number of benzene rings is 2. The number of rotatable bonds is 14. The van der Waals surface area contributed by atoms with Crippen LogP contribution in [0.2, 0.25) is 0 Å². The van der Waals surface area contributed by atoms with Gasteiger partial charge in [-0.25, -0.2) is 8.42 Å². The second-order valence-corrected chi connectivity index (χ2v) is 10.5. The average molecular weight is 529 g/mol. The molecule has 1 amide bonds. The first kappa shape index (κ1) is 31.8. The minimum atomic E-state index is -4.02. The second-order valence-electron chi connectivity index (χ2n) is 8.56. The molecule has 2 rings (SSSR count). The normalized spacial score (nSPS) is 12.1. The summed E-state index contributed by atoms with van der Waals surface area (Å²) in [5.74, 6) is -1.21. The van der Waals surface area contributed by atoms with Crippen LogP contribution in [0.4, 0.5) is 0 Å². The van der Waals surface area contributed by atoms with Gasteiger partial charge in [0.05, 0.1) is 16.9 Å². The first-order valence-corrected chi connectivity index (χ1v) is 12.8. The minimum Gasteiger partial charge on any atom is -0.548 e. The molecule has 0 spiro atoms. The predicted molar refractivity (Wildman–Crippen MR) is 128 cm³/mol.